The summed E-state index contributed by atoms with van der Waals surface area (Å²) in [7, 11) is 0. The van der Waals surface area contributed by atoms with Crippen molar-refractivity contribution in [3.63, 3.8) is 0 Å². The molecule has 8 heteroatoms. The first-order valence-corrected chi connectivity index (χ1v) is 8.04. The fraction of sp³-hybridized carbons (Fsp3) is 0.316. The first-order valence-electron chi connectivity index (χ1n) is 8.04. The maximum Gasteiger partial charge on any atom is 0.423 e. The van der Waals surface area contributed by atoms with Gasteiger partial charge in [0, 0.05) is 12.5 Å². The van der Waals surface area contributed by atoms with Gasteiger partial charge in [-0.3, -0.25) is 0 Å². The first-order chi connectivity index (χ1) is 12.3. The molecule has 2 rings (SSSR count). The Hall–Kier alpha value is -2.25. The standard InChI is InChI=1S/C19H20F3NO3.ClH/c1-12(10-24)8-15-6-7-16(17(18(15)25)19(20,21)22)26-11-14-4-2-13(9-23)3-5-14;/h2-7,10,12,25H,8-9,11,23H2,1H3;1H. The van der Waals surface area contributed by atoms with Gasteiger partial charge in [0.25, 0.3) is 0 Å². The normalized spacial score (nSPS) is 12.2. The van der Waals surface area contributed by atoms with Gasteiger partial charge in [-0.1, -0.05) is 37.3 Å². The Bertz CT molecular complexity index is 764. The van der Waals surface area contributed by atoms with Gasteiger partial charge in [-0.2, -0.15) is 13.2 Å². The lowest BCUT2D eigenvalue weighted by Gasteiger charge is -2.18. The maximum absolute atomic E-state index is 13.4. The molecule has 1 unspecified atom stereocenters. The van der Waals surface area contributed by atoms with Crippen LogP contribution < -0.4 is 10.5 Å². The summed E-state index contributed by atoms with van der Waals surface area (Å²) in [4.78, 5) is 10.7. The molecule has 0 saturated carbocycles. The minimum absolute atomic E-state index is 0. The number of ether oxygens (including phenoxy) is 1. The van der Waals surface area contributed by atoms with Crippen molar-refractivity contribution in [2.24, 2.45) is 11.7 Å². The zero-order chi connectivity index (χ0) is 19.3. The SMILES string of the molecule is CC(C=O)Cc1ccc(OCc2ccc(CN)cc2)c(C(F)(F)F)c1O.Cl. The summed E-state index contributed by atoms with van der Waals surface area (Å²) in [6.07, 6.45) is -4.15. The highest BCUT2D eigenvalue weighted by Crippen LogP contribution is 2.44. The lowest BCUT2D eigenvalue weighted by atomic mass is 9.98. The molecule has 27 heavy (non-hydrogen) atoms. The quantitative estimate of drug-likeness (QED) is 0.678. The van der Waals surface area contributed by atoms with Gasteiger partial charge in [0.05, 0.1) is 0 Å². The van der Waals surface area contributed by atoms with Crippen LogP contribution in [0.4, 0.5) is 13.2 Å². The molecule has 0 aliphatic carbocycles. The molecule has 148 valence electrons. The number of aromatic hydroxyl groups is 1. The van der Waals surface area contributed by atoms with E-state index in [1.54, 1.807) is 31.2 Å². The molecule has 0 fully saturated rings. The summed E-state index contributed by atoms with van der Waals surface area (Å²) in [5.41, 5.74) is 5.90. The van der Waals surface area contributed by atoms with E-state index in [0.717, 1.165) is 5.56 Å². The second-order valence-electron chi connectivity index (χ2n) is 6.07. The van der Waals surface area contributed by atoms with Crippen LogP contribution in [0.3, 0.4) is 0 Å². The number of hydrogen-bond acceptors (Lipinski definition) is 4. The Balaban J connectivity index is 0.00000364. The average molecular weight is 404 g/mol. The second kappa shape index (κ2) is 9.62. The number of hydrogen-bond donors (Lipinski definition) is 2. The van der Waals surface area contributed by atoms with Crippen molar-refractivity contribution in [2.75, 3.05) is 0 Å². The third-order valence-corrected chi connectivity index (χ3v) is 3.93. The Morgan fingerprint density at radius 3 is 2.26 bits per heavy atom. The van der Waals surface area contributed by atoms with Crippen molar-refractivity contribution >= 4 is 18.7 Å². The van der Waals surface area contributed by atoms with E-state index in [0.29, 0.717) is 18.4 Å². The fourth-order valence-corrected chi connectivity index (χ4v) is 2.50. The average Bonchev–Trinajstić information content (AvgIpc) is 2.61. The number of alkyl halides is 3. The Morgan fingerprint density at radius 2 is 1.74 bits per heavy atom. The topological polar surface area (TPSA) is 72.5 Å². The zero-order valence-corrected chi connectivity index (χ0v) is 15.4. The Morgan fingerprint density at radius 1 is 1.15 bits per heavy atom. The molecule has 0 aromatic heterocycles. The molecule has 0 aliphatic rings. The number of nitrogens with two attached hydrogens (primary N) is 1. The van der Waals surface area contributed by atoms with Gasteiger partial charge in [0.1, 0.15) is 30.0 Å². The van der Waals surface area contributed by atoms with Crippen LogP contribution in [0.1, 0.15) is 29.2 Å². The van der Waals surface area contributed by atoms with Crippen molar-refractivity contribution in [1.29, 1.82) is 0 Å². The maximum atomic E-state index is 13.4. The number of rotatable bonds is 7. The van der Waals surface area contributed by atoms with Crippen LogP contribution in [0, 0.1) is 5.92 Å². The highest BCUT2D eigenvalue weighted by molar-refractivity contribution is 5.85. The number of halogens is 4. The minimum Gasteiger partial charge on any atom is -0.507 e. The smallest absolute Gasteiger partial charge is 0.423 e. The summed E-state index contributed by atoms with van der Waals surface area (Å²) in [5.74, 6) is -1.86. The van der Waals surface area contributed by atoms with E-state index in [4.69, 9.17) is 10.5 Å². The molecular formula is C19H21ClF3NO3. The van der Waals surface area contributed by atoms with E-state index in [9.17, 15) is 23.1 Å². The monoisotopic (exact) mass is 403 g/mol. The summed E-state index contributed by atoms with van der Waals surface area (Å²) >= 11 is 0. The van der Waals surface area contributed by atoms with E-state index < -0.39 is 29.2 Å². The lowest BCUT2D eigenvalue weighted by Crippen LogP contribution is -2.11. The van der Waals surface area contributed by atoms with Crippen molar-refractivity contribution in [3.8, 4) is 11.5 Å². The Kier molecular flexibility index (Phi) is 8.12. The molecule has 0 bridgehead atoms. The largest absolute Gasteiger partial charge is 0.507 e. The van der Waals surface area contributed by atoms with Crippen LogP contribution in [-0.4, -0.2) is 11.4 Å². The number of phenolic OH excluding ortho intramolecular Hbond substituents is 1. The van der Waals surface area contributed by atoms with Crippen LogP contribution >= 0.6 is 12.4 Å². The van der Waals surface area contributed by atoms with Crippen LogP contribution in [0.5, 0.6) is 11.5 Å². The number of carbonyl (C=O) groups is 1. The molecule has 0 aliphatic heterocycles. The van der Waals surface area contributed by atoms with E-state index in [-0.39, 0.29) is 31.0 Å². The van der Waals surface area contributed by atoms with Gasteiger partial charge in [-0.25, -0.2) is 0 Å². The van der Waals surface area contributed by atoms with Crippen LogP contribution in [0.2, 0.25) is 0 Å². The molecule has 2 aromatic carbocycles. The number of carbonyl (C=O) groups excluding carboxylic acids is 1. The third kappa shape index (κ3) is 5.87. The number of aldehydes is 1. The summed E-state index contributed by atoms with van der Waals surface area (Å²) < 4.78 is 45.5. The zero-order valence-electron chi connectivity index (χ0n) is 14.6. The molecule has 4 nitrogen and oxygen atoms in total. The molecule has 0 radical (unpaired) electrons. The molecule has 2 aromatic rings. The molecule has 1 atom stereocenters. The van der Waals surface area contributed by atoms with Gasteiger partial charge >= 0.3 is 6.18 Å². The van der Waals surface area contributed by atoms with Gasteiger partial charge in [-0.15, -0.1) is 12.4 Å². The van der Waals surface area contributed by atoms with Crippen LogP contribution in [0.15, 0.2) is 36.4 Å². The van der Waals surface area contributed by atoms with Gasteiger partial charge in [0.2, 0.25) is 0 Å². The van der Waals surface area contributed by atoms with E-state index in [1.165, 1.54) is 12.1 Å². The highest BCUT2D eigenvalue weighted by atomic mass is 35.5. The van der Waals surface area contributed by atoms with Crippen molar-refractivity contribution in [2.45, 2.75) is 32.7 Å². The van der Waals surface area contributed by atoms with Gasteiger partial charge < -0.3 is 20.4 Å². The van der Waals surface area contributed by atoms with Crippen molar-refractivity contribution in [1.82, 2.24) is 0 Å². The minimum atomic E-state index is -4.79. The van der Waals surface area contributed by atoms with Crippen molar-refractivity contribution < 1.29 is 27.8 Å². The molecule has 3 N–H and O–H groups in total. The summed E-state index contributed by atoms with van der Waals surface area (Å²) in [6, 6.07) is 9.49. The van der Waals surface area contributed by atoms with Gasteiger partial charge in [0.15, 0.2) is 0 Å². The summed E-state index contributed by atoms with van der Waals surface area (Å²) in [5, 5.41) is 10.1. The molecule has 0 spiro atoms. The first kappa shape index (κ1) is 22.8. The molecular weight excluding hydrogens is 383 g/mol. The molecule has 0 saturated heterocycles. The predicted octanol–water partition coefficient (Wildman–Crippen LogP) is 4.25. The van der Waals surface area contributed by atoms with Crippen LogP contribution in [0.25, 0.3) is 0 Å². The van der Waals surface area contributed by atoms with E-state index in [1.807, 2.05) is 0 Å². The van der Waals surface area contributed by atoms with E-state index >= 15 is 0 Å². The fourth-order valence-electron chi connectivity index (χ4n) is 2.50. The predicted molar refractivity (Wildman–Crippen MR) is 98.0 cm³/mol. The lowest BCUT2D eigenvalue weighted by molar-refractivity contribution is -0.140. The Labute approximate surface area is 161 Å². The number of benzene rings is 2. The van der Waals surface area contributed by atoms with Crippen molar-refractivity contribution in [3.05, 3.63) is 58.7 Å². The molecule has 0 amide bonds. The second-order valence-corrected chi connectivity index (χ2v) is 6.07. The van der Waals surface area contributed by atoms with Gasteiger partial charge in [-0.05, 0) is 29.2 Å². The number of phenols is 1. The highest BCUT2D eigenvalue weighted by Gasteiger charge is 2.39. The summed E-state index contributed by atoms with van der Waals surface area (Å²) in [6.45, 7) is 1.85. The molecule has 0 heterocycles. The van der Waals surface area contributed by atoms with Crippen LogP contribution in [-0.2, 0) is 30.5 Å². The van der Waals surface area contributed by atoms with E-state index in [2.05, 4.69) is 0 Å². The third-order valence-electron chi connectivity index (χ3n) is 3.93.